The van der Waals surface area contributed by atoms with E-state index in [0.717, 1.165) is 98.9 Å². The molecule has 0 radical (unpaired) electrons. The molecule has 4 bridgehead atoms. The van der Waals surface area contributed by atoms with Crippen molar-refractivity contribution in [2.24, 2.45) is 23.7 Å². The van der Waals surface area contributed by atoms with Crippen LogP contribution in [0.3, 0.4) is 0 Å². The Kier molecular flexibility index (Phi) is 61.0. The average molecular weight is 2040 g/mol. The van der Waals surface area contributed by atoms with E-state index in [1.807, 2.05) is 234 Å². The van der Waals surface area contributed by atoms with Crippen molar-refractivity contribution in [1.29, 1.82) is 0 Å². The fourth-order valence-electron chi connectivity index (χ4n) is 7.70. The summed E-state index contributed by atoms with van der Waals surface area (Å²) in [4.78, 5) is 26.5. The maximum absolute atomic E-state index is 9.77. The number of carbonyl (C=O) groups is 1. The molecule has 0 amide bonds. The lowest BCUT2D eigenvalue weighted by Crippen LogP contribution is -2.59. The highest BCUT2D eigenvalue weighted by molar-refractivity contribution is 8.81. The molecule has 9 nitrogen and oxygen atoms in total. The normalized spacial score (nSPS) is 17.6. The molecule has 0 aromatic carbocycles. The number of halogens is 2. The lowest BCUT2D eigenvalue weighted by molar-refractivity contribution is -0.140. The number of piperidine rings is 4. The number of terminal acetylenes is 1. The number of likely N-dealkylation sites (tertiary alicyclic amines) is 1. The maximum atomic E-state index is 9.77. The summed E-state index contributed by atoms with van der Waals surface area (Å²) in [5, 5.41) is 3.54. The van der Waals surface area contributed by atoms with Gasteiger partial charge >= 0.3 is 0 Å². The van der Waals surface area contributed by atoms with E-state index in [1.165, 1.54) is 43.7 Å². The first-order chi connectivity index (χ1) is 43.1. The van der Waals surface area contributed by atoms with E-state index >= 15 is 0 Å². The molecule has 2 aromatic heterocycles. The van der Waals surface area contributed by atoms with Crippen LogP contribution < -0.4 is 15.1 Å². The second-order valence-corrected chi connectivity index (χ2v) is 91.4. The summed E-state index contributed by atoms with van der Waals surface area (Å²) >= 11 is 9.61. The molecule has 0 aliphatic carbocycles. The van der Waals surface area contributed by atoms with Crippen LogP contribution in [-0.2, 0) is 383 Å². The van der Waals surface area contributed by atoms with E-state index in [9.17, 15) is 4.79 Å². The third kappa shape index (κ3) is 45.5. The van der Waals surface area contributed by atoms with E-state index in [-0.39, 0.29) is 30.6 Å². The minimum Gasteiger partial charge on any atom is -0.378 e. The number of carbonyl (C=O) groups excluding carboxylic acids is 1. The van der Waals surface area contributed by atoms with Crippen LogP contribution in [0.5, 0.6) is 0 Å². The molecule has 6 aliphatic heterocycles. The van der Waals surface area contributed by atoms with Crippen LogP contribution in [0.2, 0.25) is 19.6 Å². The molecule has 4 atom stereocenters. The highest BCUT2D eigenvalue weighted by Gasteiger charge is 2.39. The SMILES string of the molecule is C#Cc1ccc(N2CC3CC(C2)CN(C2COC2)C3)nc1.C[Si](C)(C)C#Cc1ccc(N2CC3CNCC(C3)C2)nc1.Cl.Cl.O=C1COC1.S=S=S=S=S=S=S=S=S=S=S=S=S=S=S=S=S=S=S=S=S=S=S=S=S=S=S=S=S=S=S=S=S=S=S=S=S=S=S=S=S. The zero-order valence-corrected chi connectivity index (χ0v) is 82.0. The van der Waals surface area contributed by atoms with Crippen molar-refractivity contribution in [2.75, 3.05) is 88.6 Å². The molecule has 6 aliphatic rings. The number of aromatic nitrogens is 2. The fourth-order valence-corrected chi connectivity index (χ4v) is 110. The highest BCUT2D eigenvalue weighted by Crippen LogP contribution is 2.33. The van der Waals surface area contributed by atoms with Crippen molar-refractivity contribution in [3.63, 3.8) is 0 Å². The van der Waals surface area contributed by atoms with Crippen molar-refractivity contribution in [2.45, 2.75) is 38.5 Å². The number of fused-ring (bicyclic) bond motifs is 4. The predicted octanol–water partition coefficient (Wildman–Crippen LogP) is 3.91. The second-order valence-electron chi connectivity index (χ2n) is 17.7. The Bertz CT molecular complexity index is 4590. The van der Waals surface area contributed by atoms with Crippen LogP contribution in [0.15, 0.2) is 36.7 Å². The van der Waals surface area contributed by atoms with Gasteiger partial charge in [0.1, 0.15) is 32.9 Å². The largest absolute Gasteiger partial charge is 0.378 e. The summed E-state index contributed by atoms with van der Waals surface area (Å²) in [7, 11) is 67.9. The van der Waals surface area contributed by atoms with Crippen LogP contribution in [-0.4, -0.2) is 114 Å². The third-order valence-corrected chi connectivity index (χ3v) is 96.0. The number of ketones is 1. The van der Waals surface area contributed by atoms with E-state index in [4.69, 9.17) is 33.5 Å². The highest BCUT2D eigenvalue weighted by atomic mass is 35.5. The van der Waals surface area contributed by atoms with Gasteiger partial charge in [0.05, 0.1) is 19.3 Å². The van der Waals surface area contributed by atoms with Crippen molar-refractivity contribution in [1.82, 2.24) is 20.2 Å². The summed E-state index contributed by atoms with van der Waals surface area (Å²) in [5.41, 5.74) is 5.29. The summed E-state index contributed by atoms with van der Waals surface area (Å²) < 4.78 is 9.83. The van der Waals surface area contributed by atoms with Gasteiger partial charge in [-0.1, -0.05) is 31.5 Å². The molecule has 6 saturated heterocycles. The molecule has 53 heteroatoms. The molecule has 8 rings (SSSR count). The van der Waals surface area contributed by atoms with Gasteiger partial charge in [-0.15, -0.1) is 36.8 Å². The number of ether oxygens (including phenoxy) is 2. The summed E-state index contributed by atoms with van der Waals surface area (Å²) in [6.07, 6.45) is 11.9. The zero-order chi connectivity index (χ0) is 62.4. The smallest absolute Gasteiger partial charge is 0.184 e. The summed E-state index contributed by atoms with van der Waals surface area (Å²) in [5.74, 6) is 11.4. The van der Waals surface area contributed by atoms with Crippen molar-refractivity contribution < 1.29 is 14.3 Å². The maximum Gasteiger partial charge on any atom is 0.184 e. The number of pyridine rings is 2. The van der Waals surface area contributed by atoms with Crippen LogP contribution in [0.4, 0.5) is 11.6 Å². The number of rotatable bonds is 3. The minimum atomic E-state index is -1.31. The monoisotopic (exact) mass is 2040 g/mol. The minimum absolute atomic E-state index is 0. The molecule has 6 fully saturated rings. The Morgan fingerprint density at radius 1 is 0.478 bits per heavy atom. The van der Waals surface area contributed by atoms with Crippen LogP contribution in [0.1, 0.15) is 24.0 Å². The molecule has 512 valence electrons. The Morgan fingerprint density at radius 2 is 0.789 bits per heavy atom. The lowest BCUT2D eigenvalue weighted by Gasteiger charge is -2.50. The summed E-state index contributed by atoms with van der Waals surface area (Å²) in [6, 6.07) is 8.99. The van der Waals surface area contributed by atoms with Gasteiger partial charge in [0.2, 0.25) is 0 Å². The van der Waals surface area contributed by atoms with Crippen molar-refractivity contribution >= 4 is 419 Å². The topological polar surface area (TPSA) is 83.1 Å². The Labute approximate surface area is 662 Å². The van der Waals surface area contributed by atoms with E-state index in [2.05, 4.69) is 89.9 Å². The fraction of sp³-hybridized carbons (Fsp3) is 0.595. The van der Waals surface area contributed by atoms with Gasteiger partial charge in [-0.3, -0.25) is 9.69 Å². The zero-order valence-electron chi connectivity index (χ0n) is 45.8. The van der Waals surface area contributed by atoms with E-state index < -0.39 is 8.07 Å². The lowest BCUT2D eigenvalue weighted by atomic mass is 9.84. The number of hydrogen-bond acceptors (Lipinski definition) is 11. The first kappa shape index (κ1) is 90.6. The average Bonchev–Trinajstić information content (AvgIpc) is 1.59. The van der Waals surface area contributed by atoms with Gasteiger partial charge in [-0.05, 0) is 73.9 Å². The van der Waals surface area contributed by atoms with Crippen LogP contribution in [0, 0.1) is 47.5 Å². The molecular weight excluding hydrogens is 1990 g/mol. The third-order valence-electron chi connectivity index (χ3n) is 10.7. The number of hydrogen-bond donors (Lipinski definition) is 1. The number of nitrogens with zero attached hydrogens (tertiary/aromatic N) is 5. The van der Waals surface area contributed by atoms with Crippen molar-refractivity contribution in [3.05, 3.63) is 47.8 Å². The number of nitrogens with one attached hydrogen (secondary N) is 1. The van der Waals surface area contributed by atoms with Gasteiger partial charge < -0.3 is 24.6 Å². The Morgan fingerprint density at radius 3 is 1.04 bits per heavy atom. The quantitative estimate of drug-likeness (QED) is 0.360. The predicted molar refractivity (Wildman–Crippen MR) is 506 cm³/mol. The molecule has 0 saturated carbocycles. The van der Waals surface area contributed by atoms with Gasteiger partial charge in [0, 0.05) is 432 Å². The van der Waals surface area contributed by atoms with E-state index in [0.29, 0.717) is 19.3 Å². The first-order valence-electron chi connectivity index (χ1n) is 23.9. The van der Waals surface area contributed by atoms with Crippen LogP contribution in [0.25, 0.3) is 0 Å². The molecule has 8 heterocycles. The Balaban J connectivity index is 0.000000358. The molecule has 90 heavy (non-hydrogen) atoms. The Hall–Kier alpha value is 6.35. The number of anilines is 2. The summed E-state index contributed by atoms with van der Waals surface area (Å²) in [6.45, 7) is 18.6. The van der Waals surface area contributed by atoms with Gasteiger partial charge in [-0.2, -0.15) is 0 Å². The van der Waals surface area contributed by atoms with Gasteiger partial charge in [-0.25, -0.2) is 9.97 Å². The number of Topliss-reactive ketones (excluding diaryl/α,β-unsaturated/α-hetero) is 1. The van der Waals surface area contributed by atoms with Gasteiger partial charge in [0.15, 0.2) is 5.78 Å². The molecule has 2 aromatic rings. The van der Waals surface area contributed by atoms with Crippen LogP contribution >= 0.6 is 24.8 Å². The standard InChI is InChI=1S/C17H21N3O.C17H25N3Si.C3H4O2.2ClH.S41/c1-2-13-3-4-17(18-6-13)20-9-14-5-15(10-20)8-19(7-14)16-11-21-12-16;1-21(2,3)7-6-14-4-5-17(19-11-14)20-12-15-8-16(13-20)10-18-9-15;4-3-1-5-2-3;;;1-3-5-7-9-11-13-15-17-19-21-23-25-27-29-31-33-35-37-39-41-40-38-36-34-32-30-28-26-24-22-20-18-16-14-12-10-8-6-4-2/h1,3-4,6,14-16H,5,7-12H2;4-5,11,15-16,18H,8-10,12-13H2,1-3H3;1-2H2;2*1H;. The second kappa shape index (κ2) is 60.6. The first-order valence-corrected chi connectivity index (χ1v) is 80.7. The molecule has 0 spiro atoms. The van der Waals surface area contributed by atoms with Gasteiger partial charge in [0.25, 0.3) is 0 Å². The molecular formula is C37H52Cl2N6O3S41Si. The van der Waals surface area contributed by atoms with Crippen molar-refractivity contribution in [3.8, 4) is 23.8 Å². The molecule has 4 unspecified atom stereocenters. The molecule has 1 N–H and O–H groups in total. The van der Waals surface area contributed by atoms with E-state index in [1.54, 1.807) is 113 Å².